The molecular formula is C19H24N4O3. The summed E-state index contributed by atoms with van der Waals surface area (Å²) < 4.78 is 7.10. The smallest absolute Gasteiger partial charge is 0.261 e. The Labute approximate surface area is 152 Å². The molecule has 138 valence electrons. The van der Waals surface area contributed by atoms with E-state index in [1.165, 1.54) is 0 Å². The summed E-state index contributed by atoms with van der Waals surface area (Å²) in [6.07, 6.45) is 2.89. The Balaban J connectivity index is 1.47. The summed E-state index contributed by atoms with van der Waals surface area (Å²) >= 11 is 0. The molecule has 1 amide bonds. The molecule has 0 unspecified atom stereocenters. The lowest BCUT2D eigenvalue weighted by Gasteiger charge is -2.26. The van der Waals surface area contributed by atoms with Crippen molar-refractivity contribution in [1.29, 1.82) is 0 Å². The molecule has 1 N–H and O–H groups in total. The van der Waals surface area contributed by atoms with Crippen molar-refractivity contribution >= 4 is 16.8 Å². The van der Waals surface area contributed by atoms with E-state index in [2.05, 4.69) is 15.2 Å². The third-order valence-corrected chi connectivity index (χ3v) is 5.15. The molecule has 0 spiro atoms. The first-order chi connectivity index (χ1) is 12.7. The van der Waals surface area contributed by atoms with E-state index in [9.17, 15) is 9.59 Å². The summed E-state index contributed by atoms with van der Waals surface area (Å²) in [5.74, 6) is 0.707. The first-order valence-corrected chi connectivity index (χ1v) is 9.34. The monoisotopic (exact) mass is 356 g/mol. The predicted octanol–water partition coefficient (Wildman–Crippen LogP) is 0.795. The lowest BCUT2D eigenvalue weighted by atomic mass is 10.1. The summed E-state index contributed by atoms with van der Waals surface area (Å²) in [5.41, 5.74) is 1.17. The number of nitrogens with zero attached hydrogens (tertiary/aromatic N) is 3. The van der Waals surface area contributed by atoms with Gasteiger partial charge in [0.2, 0.25) is 0 Å². The zero-order valence-corrected chi connectivity index (χ0v) is 14.9. The van der Waals surface area contributed by atoms with Gasteiger partial charge in [0.1, 0.15) is 5.82 Å². The molecule has 1 saturated heterocycles. The van der Waals surface area contributed by atoms with E-state index < -0.39 is 0 Å². The first-order valence-electron chi connectivity index (χ1n) is 9.34. The SMILES string of the molecule is O=C(NCCN1CCOCC1)c1ccc2c(=O)n3c(nc2c1)CCCC3. The summed E-state index contributed by atoms with van der Waals surface area (Å²) in [4.78, 5) is 32.0. The molecule has 2 aliphatic rings. The van der Waals surface area contributed by atoms with Crippen LogP contribution in [0.25, 0.3) is 10.9 Å². The quantitative estimate of drug-likeness (QED) is 0.877. The average Bonchev–Trinajstić information content (AvgIpc) is 2.68. The molecule has 1 fully saturated rings. The van der Waals surface area contributed by atoms with Crippen LogP contribution in [0.2, 0.25) is 0 Å². The lowest BCUT2D eigenvalue weighted by Crippen LogP contribution is -2.41. The Morgan fingerprint density at radius 2 is 2.04 bits per heavy atom. The maximum atomic E-state index is 12.6. The van der Waals surface area contributed by atoms with Gasteiger partial charge < -0.3 is 10.1 Å². The number of benzene rings is 1. The highest BCUT2D eigenvalue weighted by Gasteiger charge is 2.16. The standard InChI is InChI=1S/C19H24N4O3/c24-18(20-6-8-22-9-11-26-12-10-22)14-4-5-15-16(13-14)21-17-3-1-2-7-23(17)19(15)25/h4-5,13H,1-3,6-12H2,(H,20,24). The van der Waals surface area contributed by atoms with E-state index in [4.69, 9.17) is 4.74 Å². The van der Waals surface area contributed by atoms with E-state index in [1.807, 2.05) is 0 Å². The molecule has 1 aromatic heterocycles. The van der Waals surface area contributed by atoms with Crippen molar-refractivity contribution in [3.05, 3.63) is 39.9 Å². The minimum atomic E-state index is -0.125. The van der Waals surface area contributed by atoms with Gasteiger partial charge in [-0.3, -0.25) is 19.1 Å². The number of aryl methyl sites for hydroxylation is 1. The van der Waals surface area contributed by atoms with Crippen LogP contribution >= 0.6 is 0 Å². The van der Waals surface area contributed by atoms with Gasteiger partial charge in [0, 0.05) is 44.7 Å². The van der Waals surface area contributed by atoms with E-state index in [-0.39, 0.29) is 11.5 Å². The highest BCUT2D eigenvalue weighted by atomic mass is 16.5. The molecule has 2 aliphatic heterocycles. The second kappa shape index (κ2) is 7.55. The Bertz CT molecular complexity index is 871. The van der Waals surface area contributed by atoms with Gasteiger partial charge >= 0.3 is 0 Å². The number of aromatic nitrogens is 2. The molecule has 0 saturated carbocycles. The van der Waals surface area contributed by atoms with Crippen molar-refractivity contribution in [2.24, 2.45) is 0 Å². The fourth-order valence-corrected chi connectivity index (χ4v) is 3.64. The minimum Gasteiger partial charge on any atom is -0.379 e. The van der Waals surface area contributed by atoms with Crippen LogP contribution in [0.1, 0.15) is 29.0 Å². The van der Waals surface area contributed by atoms with Crippen molar-refractivity contribution in [1.82, 2.24) is 19.8 Å². The topological polar surface area (TPSA) is 76.5 Å². The maximum absolute atomic E-state index is 12.6. The van der Waals surface area contributed by atoms with Crippen molar-refractivity contribution in [3.8, 4) is 0 Å². The summed E-state index contributed by atoms with van der Waals surface area (Å²) in [6, 6.07) is 5.17. The lowest BCUT2D eigenvalue weighted by molar-refractivity contribution is 0.0383. The van der Waals surface area contributed by atoms with Gasteiger partial charge in [-0.05, 0) is 31.0 Å². The number of ether oxygens (including phenoxy) is 1. The fraction of sp³-hybridized carbons (Fsp3) is 0.526. The van der Waals surface area contributed by atoms with Gasteiger partial charge in [-0.2, -0.15) is 0 Å². The molecule has 3 heterocycles. The predicted molar refractivity (Wildman–Crippen MR) is 98.5 cm³/mol. The molecule has 7 nitrogen and oxygen atoms in total. The Morgan fingerprint density at radius 3 is 2.88 bits per heavy atom. The molecule has 7 heteroatoms. The Kier molecular flexibility index (Phi) is 4.99. The van der Waals surface area contributed by atoms with Crippen molar-refractivity contribution in [2.75, 3.05) is 39.4 Å². The molecule has 0 bridgehead atoms. The summed E-state index contributed by atoms with van der Waals surface area (Å²) in [6.45, 7) is 5.47. The number of carbonyl (C=O) groups is 1. The zero-order chi connectivity index (χ0) is 17.9. The Morgan fingerprint density at radius 1 is 1.19 bits per heavy atom. The van der Waals surface area contributed by atoms with Crippen molar-refractivity contribution in [3.63, 3.8) is 0 Å². The molecule has 2 aromatic rings. The Hall–Kier alpha value is -2.25. The van der Waals surface area contributed by atoms with Crippen LogP contribution in [-0.2, 0) is 17.7 Å². The van der Waals surface area contributed by atoms with Gasteiger partial charge in [-0.1, -0.05) is 0 Å². The third-order valence-electron chi connectivity index (χ3n) is 5.15. The van der Waals surface area contributed by atoms with Gasteiger partial charge in [-0.15, -0.1) is 0 Å². The number of carbonyl (C=O) groups excluding carboxylic acids is 1. The van der Waals surface area contributed by atoms with Crippen LogP contribution in [0, 0.1) is 0 Å². The largest absolute Gasteiger partial charge is 0.379 e. The van der Waals surface area contributed by atoms with E-state index in [1.54, 1.807) is 22.8 Å². The second-order valence-electron chi connectivity index (χ2n) is 6.88. The highest BCUT2D eigenvalue weighted by molar-refractivity contribution is 5.97. The van der Waals surface area contributed by atoms with Crippen LogP contribution in [0.5, 0.6) is 0 Å². The second-order valence-corrected chi connectivity index (χ2v) is 6.88. The number of amides is 1. The van der Waals surface area contributed by atoms with E-state index in [0.717, 1.165) is 64.5 Å². The number of hydrogen-bond acceptors (Lipinski definition) is 5. The normalized spacial score (nSPS) is 17.8. The van der Waals surface area contributed by atoms with Gasteiger partial charge in [0.05, 0.1) is 24.1 Å². The maximum Gasteiger partial charge on any atom is 0.261 e. The van der Waals surface area contributed by atoms with Crippen molar-refractivity contribution in [2.45, 2.75) is 25.8 Å². The molecule has 0 aliphatic carbocycles. The van der Waals surface area contributed by atoms with Crippen LogP contribution in [0.15, 0.2) is 23.0 Å². The van der Waals surface area contributed by atoms with Crippen LogP contribution in [0.4, 0.5) is 0 Å². The highest BCUT2D eigenvalue weighted by Crippen LogP contribution is 2.16. The van der Waals surface area contributed by atoms with E-state index >= 15 is 0 Å². The summed E-state index contributed by atoms with van der Waals surface area (Å²) in [5, 5.41) is 3.54. The fourth-order valence-electron chi connectivity index (χ4n) is 3.64. The number of fused-ring (bicyclic) bond motifs is 2. The third kappa shape index (κ3) is 3.50. The van der Waals surface area contributed by atoms with Gasteiger partial charge in [0.15, 0.2) is 0 Å². The molecule has 0 atom stereocenters. The van der Waals surface area contributed by atoms with Crippen LogP contribution in [0.3, 0.4) is 0 Å². The summed E-state index contributed by atoms with van der Waals surface area (Å²) in [7, 11) is 0. The molecule has 0 radical (unpaired) electrons. The molecule has 26 heavy (non-hydrogen) atoms. The minimum absolute atomic E-state index is 0.00368. The average molecular weight is 356 g/mol. The zero-order valence-electron chi connectivity index (χ0n) is 14.9. The van der Waals surface area contributed by atoms with Crippen LogP contribution in [-0.4, -0.2) is 59.8 Å². The number of nitrogens with one attached hydrogen (secondary N) is 1. The van der Waals surface area contributed by atoms with Gasteiger partial charge in [0.25, 0.3) is 11.5 Å². The van der Waals surface area contributed by atoms with Crippen molar-refractivity contribution < 1.29 is 9.53 Å². The van der Waals surface area contributed by atoms with Gasteiger partial charge in [-0.25, -0.2) is 4.98 Å². The molecule has 4 rings (SSSR count). The number of morpholine rings is 1. The molecular weight excluding hydrogens is 332 g/mol. The number of hydrogen-bond donors (Lipinski definition) is 1. The number of rotatable bonds is 4. The van der Waals surface area contributed by atoms with E-state index in [0.29, 0.717) is 23.0 Å². The van der Waals surface area contributed by atoms with Crippen LogP contribution < -0.4 is 10.9 Å². The first kappa shape index (κ1) is 17.2. The molecule has 1 aromatic carbocycles.